The van der Waals surface area contributed by atoms with Gasteiger partial charge in [0.25, 0.3) is 5.91 Å². The normalized spacial score (nSPS) is 12.2. The second-order valence-electron chi connectivity index (χ2n) is 7.41. The van der Waals surface area contributed by atoms with Crippen molar-refractivity contribution in [3.63, 3.8) is 0 Å². The molecule has 5 aromatic rings. The van der Waals surface area contributed by atoms with Gasteiger partial charge >= 0.3 is 0 Å². The highest BCUT2D eigenvalue weighted by Gasteiger charge is 2.23. The van der Waals surface area contributed by atoms with Crippen molar-refractivity contribution >= 4 is 27.9 Å². The molecule has 2 N–H and O–H groups in total. The highest BCUT2D eigenvalue weighted by molar-refractivity contribution is 5.99. The van der Waals surface area contributed by atoms with Crippen molar-refractivity contribution in [2.24, 2.45) is 0 Å². The van der Waals surface area contributed by atoms with Crippen molar-refractivity contribution in [3.05, 3.63) is 95.5 Å². The predicted octanol–water partition coefficient (Wildman–Crippen LogP) is 5.15. The lowest BCUT2D eigenvalue weighted by Gasteiger charge is -2.19. The first-order valence-corrected chi connectivity index (χ1v) is 10.00. The molecule has 1 atom stereocenters. The Bertz CT molecular complexity index is 1390. The average molecular weight is 411 g/mol. The molecule has 0 aliphatic heterocycles. The number of fused-ring (bicyclic) bond motifs is 2. The van der Waals surface area contributed by atoms with Gasteiger partial charge in [0.1, 0.15) is 11.3 Å². The summed E-state index contributed by atoms with van der Waals surface area (Å²) in [7, 11) is 1.62. The summed E-state index contributed by atoms with van der Waals surface area (Å²) in [6, 6.07) is 21.0. The summed E-state index contributed by atoms with van der Waals surface area (Å²) < 4.78 is 11.2. The molecular weight excluding hydrogens is 390 g/mol. The summed E-state index contributed by atoms with van der Waals surface area (Å²) in [6.07, 6.45) is 1.66. The third kappa shape index (κ3) is 3.42. The van der Waals surface area contributed by atoms with Crippen molar-refractivity contribution in [2.75, 3.05) is 7.11 Å². The quantitative estimate of drug-likeness (QED) is 0.419. The molecule has 2 heterocycles. The van der Waals surface area contributed by atoms with Gasteiger partial charge in [-0.25, -0.2) is 4.98 Å². The van der Waals surface area contributed by atoms with Crippen molar-refractivity contribution in [3.8, 4) is 5.75 Å². The van der Waals surface area contributed by atoms with Crippen molar-refractivity contribution in [2.45, 2.75) is 13.0 Å². The van der Waals surface area contributed by atoms with Crippen LogP contribution in [-0.2, 0) is 0 Å². The molecular formula is C25H21N3O3. The van der Waals surface area contributed by atoms with Crippen LogP contribution in [0.3, 0.4) is 0 Å². The molecule has 0 bridgehead atoms. The zero-order chi connectivity index (χ0) is 21.4. The highest BCUT2D eigenvalue weighted by Crippen LogP contribution is 2.30. The molecule has 154 valence electrons. The zero-order valence-corrected chi connectivity index (χ0v) is 17.2. The molecule has 0 saturated heterocycles. The Balaban J connectivity index is 1.54. The van der Waals surface area contributed by atoms with Crippen LogP contribution in [0.15, 0.2) is 77.5 Å². The number of hydrogen-bond acceptors (Lipinski definition) is 4. The number of carbonyl (C=O) groups is 1. The molecule has 0 radical (unpaired) electrons. The fraction of sp³-hybridized carbons (Fsp3) is 0.120. The number of nitrogens with zero attached hydrogens (tertiary/aromatic N) is 1. The number of H-pyrrole nitrogens is 1. The fourth-order valence-electron chi connectivity index (χ4n) is 3.88. The Kier molecular flexibility index (Phi) is 4.67. The fourth-order valence-corrected chi connectivity index (χ4v) is 3.88. The van der Waals surface area contributed by atoms with Crippen LogP contribution in [0.5, 0.6) is 5.75 Å². The molecule has 5 rings (SSSR count). The van der Waals surface area contributed by atoms with E-state index in [1.54, 1.807) is 13.4 Å². The predicted molar refractivity (Wildman–Crippen MR) is 119 cm³/mol. The molecule has 0 fully saturated rings. The first-order valence-electron chi connectivity index (χ1n) is 10.00. The molecule has 0 aliphatic carbocycles. The number of aromatic nitrogens is 2. The summed E-state index contributed by atoms with van der Waals surface area (Å²) in [5, 5.41) is 4.02. The van der Waals surface area contributed by atoms with E-state index in [2.05, 4.69) is 15.3 Å². The van der Waals surface area contributed by atoms with Crippen LogP contribution in [0.1, 0.15) is 33.3 Å². The van der Waals surface area contributed by atoms with Gasteiger partial charge in [0, 0.05) is 10.9 Å². The lowest BCUT2D eigenvalue weighted by Crippen LogP contribution is -2.29. The first-order chi connectivity index (χ1) is 15.1. The van der Waals surface area contributed by atoms with E-state index in [4.69, 9.17) is 9.15 Å². The number of carbonyl (C=O) groups excluding carboxylic acids is 1. The minimum absolute atomic E-state index is 0.272. The van der Waals surface area contributed by atoms with E-state index < -0.39 is 0 Å². The highest BCUT2D eigenvalue weighted by atomic mass is 16.5. The van der Waals surface area contributed by atoms with Gasteiger partial charge in [0.05, 0.1) is 30.5 Å². The zero-order valence-electron chi connectivity index (χ0n) is 17.2. The number of methoxy groups -OCH3 is 1. The van der Waals surface area contributed by atoms with Gasteiger partial charge in [-0.1, -0.05) is 36.4 Å². The van der Waals surface area contributed by atoms with E-state index in [1.807, 2.05) is 73.7 Å². The topological polar surface area (TPSA) is 80.2 Å². The number of imidazole rings is 1. The number of rotatable bonds is 5. The molecule has 1 unspecified atom stereocenters. The smallest absolute Gasteiger partial charge is 0.288 e. The van der Waals surface area contributed by atoms with Gasteiger partial charge in [-0.2, -0.15) is 0 Å². The molecule has 1 amide bonds. The maximum absolute atomic E-state index is 13.3. The van der Waals surface area contributed by atoms with Crippen LogP contribution >= 0.6 is 0 Å². The number of amides is 1. The Morgan fingerprint density at radius 2 is 1.90 bits per heavy atom. The lowest BCUT2D eigenvalue weighted by molar-refractivity contribution is 0.0916. The SMILES string of the molecule is COc1ccc2oc(C(=O)NC(c3ccccc3)c3ccc4nc[nH]c4c3)c(C)c2c1. The summed E-state index contributed by atoms with van der Waals surface area (Å²) in [5.41, 5.74) is 5.15. The second kappa shape index (κ2) is 7.65. The number of hydrogen-bond donors (Lipinski definition) is 2. The molecule has 0 saturated carbocycles. The van der Waals surface area contributed by atoms with E-state index in [0.29, 0.717) is 11.3 Å². The Labute approximate surface area is 178 Å². The monoisotopic (exact) mass is 411 g/mol. The van der Waals surface area contributed by atoms with E-state index in [9.17, 15) is 4.79 Å². The number of furan rings is 1. The standard InChI is InChI=1S/C25H21N3O3/c1-15-19-13-18(30-2)9-11-22(19)31-24(15)25(29)28-23(16-6-4-3-5-7-16)17-8-10-20-21(12-17)27-14-26-20/h3-14,23H,1-2H3,(H,26,27)(H,28,29). The van der Waals surface area contributed by atoms with Gasteiger partial charge in [0.15, 0.2) is 5.76 Å². The van der Waals surface area contributed by atoms with E-state index in [1.165, 1.54) is 0 Å². The van der Waals surface area contributed by atoms with Crippen LogP contribution < -0.4 is 10.1 Å². The minimum atomic E-state index is -0.344. The van der Waals surface area contributed by atoms with Crippen LogP contribution in [0.2, 0.25) is 0 Å². The van der Waals surface area contributed by atoms with Crippen molar-refractivity contribution in [1.29, 1.82) is 0 Å². The van der Waals surface area contributed by atoms with Crippen LogP contribution in [0, 0.1) is 6.92 Å². The third-order valence-electron chi connectivity index (χ3n) is 5.54. The largest absolute Gasteiger partial charge is 0.497 e. The summed E-state index contributed by atoms with van der Waals surface area (Å²) in [6.45, 7) is 1.88. The van der Waals surface area contributed by atoms with Gasteiger partial charge in [-0.05, 0) is 48.4 Å². The molecule has 6 nitrogen and oxygen atoms in total. The molecule has 0 spiro atoms. The van der Waals surface area contributed by atoms with Gasteiger partial charge < -0.3 is 19.5 Å². The van der Waals surface area contributed by atoms with Gasteiger partial charge in [-0.15, -0.1) is 0 Å². The maximum Gasteiger partial charge on any atom is 0.288 e. The Hall–Kier alpha value is -4.06. The Morgan fingerprint density at radius 1 is 1.06 bits per heavy atom. The number of ether oxygens (including phenoxy) is 1. The third-order valence-corrected chi connectivity index (χ3v) is 5.54. The summed E-state index contributed by atoms with van der Waals surface area (Å²) in [5.74, 6) is 0.747. The Morgan fingerprint density at radius 3 is 2.71 bits per heavy atom. The summed E-state index contributed by atoms with van der Waals surface area (Å²) in [4.78, 5) is 20.7. The second-order valence-corrected chi connectivity index (χ2v) is 7.41. The first kappa shape index (κ1) is 18.9. The minimum Gasteiger partial charge on any atom is -0.497 e. The number of nitrogens with one attached hydrogen (secondary N) is 2. The van der Waals surface area contributed by atoms with Crippen molar-refractivity contribution in [1.82, 2.24) is 15.3 Å². The molecule has 2 aromatic heterocycles. The van der Waals surface area contributed by atoms with E-state index in [-0.39, 0.29) is 11.9 Å². The molecule has 31 heavy (non-hydrogen) atoms. The number of benzene rings is 3. The lowest BCUT2D eigenvalue weighted by atomic mass is 9.98. The summed E-state index contributed by atoms with van der Waals surface area (Å²) >= 11 is 0. The van der Waals surface area contributed by atoms with Gasteiger partial charge in [-0.3, -0.25) is 4.79 Å². The van der Waals surface area contributed by atoms with Crippen molar-refractivity contribution < 1.29 is 13.9 Å². The van der Waals surface area contributed by atoms with Crippen LogP contribution in [0.25, 0.3) is 22.0 Å². The molecule has 0 aliphatic rings. The van der Waals surface area contributed by atoms with E-state index in [0.717, 1.165) is 38.9 Å². The van der Waals surface area contributed by atoms with E-state index >= 15 is 0 Å². The maximum atomic E-state index is 13.3. The van der Waals surface area contributed by atoms with Crippen LogP contribution in [0.4, 0.5) is 0 Å². The van der Waals surface area contributed by atoms with Crippen LogP contribution in [-0.4, -0.2) is 23.0 Å². The molecule has 3 aromatic carbocycles. The number of aryl methyl sites for hydroxylation is 1. The van der Waals surface area contributed by atoms with Gasteiger partial charge in [0.2, 0.25) is 0 Å². The average Bonchev–Trinajstić information content (AvgIpc) is 3.41. The number of aromatic amines is 1. The molecule has 6 heteroatoms.